The molecule has 0 saturated heterocycles. The minimum absolute atomic E-state index is 0. The van der Waals surface area contributed by atoms with E-state index in [1.54, 1.807) is 6.92 Å². The van der Waals surface area contributed by atoms with Crippen molar-refractivity contribution in [2.24, 2.45) is 0 Å². The van der Waals surface area contributed by atoms with E-state index in [1.165, 1.54) is 6.07 Å². The molecule has 4 nitrogen and oxygen atoms in total. The van der Waals surface area contributed by atoms with Gasteiger partial charge in [-0.1, -0.05) is 0 Å². The van der Waals surface area contributed by atoms with Gasteiger partial charge in [-0.05, 0) is 6.92 Å². The first-order chi connectivity index (χ1) is 4.72. The average Bonchev–Trinajstić information content (AvgIpc) is 1.89. The monoisotopic (exact) mass is 165 g/mol. The third kappa shape index (κ3) is 5.92. The van der Waals surface area contributed by atoms with Crippen LogP contribution in [0.15, 0.2) is 11.8 Å². The summed E-state index contributed by atoms with van der Waals surface area (Å²) >= 11 is 0. The maximum atomic E-state index is 10.4. The van der Waals surface area contributed by atoms with Crippen molar-refractivity contribution >= 4 is 5.97 Å². The molecule has 0 atom stereocenters. The van der Waals surface area contributed by atoms with Crippen LogP contribution in [0.5, 0.6) is 0 Å². The van der Waals surface area contributed by atoms with Gasteiger partial charge in [0, 0.05) is 0 Å². The third-order valence-corrected chi connectivity index (χ3v) is 0.686. The number of allylic oxidation sites excluding steroid dienone is 1. The summed E-state index contributed by atoms with van der Waals surface area (Å²) in [5, 5.41) is 16.6. The zero-order valence-electron chi connectivity index (χ0n) is 7.50. The number of nitriles is 1. The fraction of sp³-hybridized carbons (Fsp3) is 0.333. The third-order valence-electron chi connectivity index (χ3n) is 0.686. The second-order valence-electron chi connectivity index (χ2n) is 1.38. The van der Waals surface area contributed by atoms with Gasteiger partial charge in [0.15, 0.2) is 0 Å². The summed E-state index contributed by atoms with van der Waals surface area (Å²) in [5.41, 5.74) is 0. The molecule has 0 heterocycles. The largest absolute Gasteiger partial charge is 1.00 e. The van der Waals surface area contributed by atoms with Crippen molar-refractivity contribution < 1.29 is 45.6 Å². The van der Waals surface area contributed by atoms with Gasteiger partial charge in [0.05, 0.1) is 18.8 Å². The standard InChI is InChI=1S/C6H7NO3.Na.H/c1-2-10-6(9)5(8)3-4-7;;/h3,8H,2H2,1H3;;/q;+1;-1/b5-3-;;. The van der Waals surface area contributed by atoms with Crippen LogP contribution < -0.4 is 29.6 Å². The second kappa shape index (κ2) is 7.61. The maximum absolute atomic E-state index is 10.4. The van der Waals surface area contributed by atoms with Gasteiger partial charge in [-0.25, -0.2) is 4.79 Å². The number of hydrogen-bond donors (Lipinski definition) is 1. The molecule has 0 unspecified atom stereocenters. The minimum Gasteiger partial charge on any atom is -1.00 e. The van der Waals surface area contributed by atoms with Crippen LogP contribution in [-0.2, 0) is 9.53 Å². The van der Waals surface area contributed by atoms with E-state index in [-0.39, 0.29) is 37.6 Å². The molecule has 0 aromatic rings. The number of aliphatic hydroxyl groups excluding tert-OH is 1. The van der Waals surface area contributed by atoms with Crippen LogP contribution >= 0.6 is 0 Å². The normalized spacial score (nSPS) is 9.27. The Morgan fingerprint density at radius 3 is 2.82 bits per heavy atom. The Morgan fingerprint density at radius 2 is 2.45 bits per heavy atom. The quantitative estimate of drug-likeness (QED) is 0.163. The van der Waals surface area contributed by atoms with Crippen molar-refractivity contribution in [3.63, 3.8) is 0 Å². The number of esters is 1. The summed E-state index contributed by atoms with van der Waals surface area (Å²) in [5.74, 6) is -1.53. The van der Waals surface area contributed by atoms with Gasteiger partial charge in [0.25, 0.3) is 0 Å². The van der Waals surface area contributed by atoms with Crippen molar-refractivity contribution in [2.45, 2.75) is 6.92 Å². The number of carbonyl (C=O) groups excluding carboxylic acids is 1. The first-order valence-electron chi connectivity index (χ1n) is 2.68. The van der Waals surface area contributed by atoms with E-state index in [4.69, 9.17) is 10.4 Å². The molecule has 11 heavy (non-hydrogen) atoms. The van der Waals surface area contributed by atoms with Gasteiger partial charge in [-0.2, -0.15) is 5.26 Å². The SMILES string of the molecule is CCOC(=O)/C(O)=C/C#N.[H-].[Na+]. The molecule has 0 fully saturated rings. The molecule has 0 radical (unpaired) electrons. The van der Waals surface area contributed by atoms with E-state index < -0.39 is 11.7 Å². The van der Waals surface area contributed by atoms with Crippen LogP contribution in [0.3, 0.4) is 0 Å². The molecule has 5 heteroatoms. The van der Waals surface area contributed by atoms with Gasteiger partial charge in [0.2, 0.25) is 5.76 Å². The Morgan fingerprint density at radius 1 is 1.91 bits per heavy atom. The minimum atomic E-state index is -0.871. The molecule has 0 aromatic carbocycles. The molecule has 0 spiro atoms. The predicted molar refractivity (Wildman–Crippen MR) is 34.1 cm³/mol. The zero-order valence-corrected chi connectivity index (χ0v) is 8.50. The molecule has 0 saturated carbocycles. The predicted octanol–water partition coefficient (Wildman–Crippen LogP) is -2.37. The van der Waals surface area contributed by atoms with Crippen molar-refractivity contribution in [1.82, 2.24) is 0 Å². The zero-order chi connectivity index (χ0) is 7.98. The van der Waals surface area contributed by atoms with E-state index in [2.05, 4.69) is 4.74 Å². The van der Waals surface area contributed by atoms with Crippen LogP contribution in [0.2, 0.25) is 0 Å². The van der Waals surface area contributed by atoms with E-state index in [1.807, 2.05) is 0 Å². The van der Waals surface area contributed by atoms with Gasteiger partial charge in [-0.15, -0.1) is 0 Å². The first kappa shape index (κ1) is 13.1. The van der Waals surface area contributed by atoms with E-state index in [0.29, 0.717) is 0 Å². The van der Waals surface area contributed by atoms with Crippen LogP contribution in [0.25, 0.3) is 0 Å². The van der Waals surface area contributed by atoms with Crippen LogP contribution in [0, 0.1) is 11.3 Å². The van der Waals surface area contributed by atoms with Gasteiger partial charge >= 0.3 is 35.5 Å². The van der Waals surface area contributed by atoms with Crippen LogP contribution in [0.4, 0.5) is 0 Å². The molecule has 0 bridgehead atoms. The Kier molecular flexibility index (Phi) is 9.07. The van der Waals surface area contributed by atoms with Crippen molar-refractivity contribution in [3.05, 3.63) is 11.8 Å². The van der Waals surface area contributed by atoms with Crippen molar-refractivity contribution in [3.8, 4) is 6.07 Å². The molecule has 0 aliphatic carbocycles. The Balaban J connectivity index is -0.000000405. The van der Waals surface area contributed by atoms with Gasteiger partial charge in [0.1, 0.15) is 0 Å². The topological polar surface area (TPSA) is 70.3 Å². The molecular formula is C6H8NNaO3. The maximum Gasteiger partial charge on any atom is 1.00 e. The van der Waals surface area contributed by atoms with Crippen LogP contribution in [-0.4, -0.2) is 17.7 Å². The summed E-state index contributed by atoms with van der Waals surface area (Å²) in [7, 11) is 0. The fourth-order valence-corrected chi connectivity index (χ4v) is 0.325. The van der Waals surface area contributed by atoms with Gasteiger partial charge in [-0.3, -0.25) is 0 Å². The molecule has 0 aliphatic heterocycles. The number of ether oxygens (including phenoxy) is 1. The average molecular weight is 165 g/mol. The van der Waals surface area contributed by atoms with E-state index in [0.717, 1.165) is 6.08 Å². The number of nitrogens with zero attached hydrogens (tertiary/aromatic N) is 1. The smallest absolute Gasteiger partial charge is 1.00 e. The molecule has 0 amide bonds. The fourth-order valence-electron chi connectivity index (χ4n) is 0.325. The number of carbonyl (C=O) groups is 1. The molecule has 0 rings (SSSR count). The first-order valence-corrected chi connectivity index (χ1v) is 2.68. The summed E-state index contributed by atoms with van der Waals surface area (Å²) in [6.07, 6.45) is 0.720. The summed E-state index contributed by atoms with van der Waals surface area (Å²) < 4.78 is 4.35. The molecule has 0 aromatic heterocycles. The summed E-state index contributed by atoms with van der Waals surface area (Å²) in [4.78, 5) is 10.4. The van der Waals surface area contributed by atoms with Gasteiger partial charge < -0.3 is 11.3 Å². The number of hydrogen-bond acceptors (Lipinski definition) is 4. The summed E-state index contributed by atoms with van der Waals surface area (Å²) in [6.45, 7) is 1.79. The van der Waals surface area contributed by atoms with Crippen molar-refractivity contribution in [1.29, 1.82) is 5.26 Å². The Bertz CT molecular complexity index is 199. The van der Waals surface area contributed by atoms with E-state index in [9.17, 15) is 4.79 Å². The molecule has 56 valence electrons. The van der Waals surface area contributed by atoms with Crippen LogP contribution in [0.1, 0.15) is 8.35 Å². The molecule has 1 N–H and O–H groups in total. The van der Waals surface area contributed by atoms with Crippen molar-refractivity contribution in [2.75, 3.05) is 6.61 Å². The van der Waals surface area contributed by atoms with E-state index >= 15 is 0 Å². The number of aliphatic hydroxyl groups is 1. The second-order valence-corrected chi connectivity index (χ2v) is 1.38. The Labute approximate surface area is 88.2 Å². The number of rotatable bonds is 2. The molecule has 0 aliphatic rings. The summed E-state index contributed by atoms with van der Waals surface area (Å²) in [6, 6.07) is 1.49. The molecular weight excluding hydrogens is 157 g/mol. The Hall–Kier alpha value is -0.500.